The van der Waals surface area contributed by atoms with E-state index in [0.717, 1.165) is 109 Å². The largest absolute Gasteiger partial charge is 0.462 e. The van der Waals surface area contributed by atoms with E-state index in [1.807, 2.05) is 0 Å². The van der Waals surface area contributed by atoms with Crippen LogP contribution >= 0.6 is 0 Å². The molecule has 0 saturated carbocycles. The maximum absolute atomic E-state index is 12.8. The van der Waals surface area contributed by atoms with Crippen LogP contribution in [0, 0.1) is 0 Å². The van der Waals surface area contributed by atoms with Crippen molar-refractivity contribution in [3.05, 3.63) is 72.9 Å². The van der Waals surface area contributed by atoms with Crippen LogP contribution in [0.1, 0.15) is 258 Å². The van der Waals surface area contributed by atoms with Gasteiger partial charge >= 0.3 is 17.9 Å². The number of esters is 3. The lowest BCUT2D eigenvalue weighted by molar-refractivity contribution is -0.167. The first kappa shape index (κ1) is 60.9. The molecule has 0 aromatic rings. The zero-order valence-corrected chi connectivity index (χ0v) is 42.0. The van der Waals surface area contributed by atoms with Crippen LogP contribution in [-0.4, -0.2) is 37.2 Å². The van der Waals surface area contributed by atoms with E-state index in [0.29, 0.717) is 19.3 Å². The second kappa shape index (κ2) is 52.5. The predicted molar refractivity (Wildman–Crippen MR) is 274 cm³/mol. The van der Waals surface area contributed by atoms with E-state index < -0.39 is 6.10 Å². The topological polar surface area (TPSA) is 78.9 Å². The van der Waals surface area contributed by atoms with E-state index in [-0.39, 0.29) is 31.1 Å². The van der Waals surface area contributed by atoms with Crippen molar-refractivity contribution in [1.82, 2.24) is 0 Å². The summed E-state index contributed by atoms with van der Waals surface area (Å²) in [5, 5.41) is 0. The molecule has 0 amide bonds. The molecule has 0 aromatic carbocycles. The zero-order chi connectivity index (χ0) is 46.5. The van der Waals surface area contributed by atoms with Gasteiger partial charge in [0.2, 0.25) is 0 Å². The highest BCUT2D eigenvalue weighted by atomic mass is 16.6. The van der Waals surface area contributed by atoms with Crippen molar-refractivity contribution in [2.45, 2.75) is 264 Å². The number of hydrogen-bond acceptors (Lipinski definition) is 6. The second-order valence-electron chi connectivity index (χ2n) is 17.7. The molecule has 64 heavy (non-hydrogen) atoms. The van der Waals surface area contributed by atoms with Crippen molar-refractivity contribution in [1.29, 1.82) is 0 Å². The zero-order valence-electron chi connectivity index (χ0n) is 42.0. The molecule has 0 heterocycles. The Labute approximate surface area is 395 Å². The number of carbonyl (C=O) groups is 3. The van der Waals surface area contributed by atoms with Crippen molar-refractivity contribution < 1.29 is 28.6 Å². The molecule has 6 nitrogen and oxygen atoms in total. The lowest BCUT2D eigenvalue weighted by Crippen LogP contribution is -2.30. The third kappa shape index (κ3) is 49.9. The summed E-state index contributed by atoms with van der Waals surface area (Å²) in [6, 6.07) is 0. The molecule has 0 aliphatic heterocycles. The Balaban J connectivity index is 4.41. The fourth-order valence-electron chi connectivity index (χ4n) is 7.36. The number of allylic oxidation sites excluding steroid dienone is 12. The molecule has 0 aromatic heterocycles. The first-order valence-electron chi connectivity index (χ1n) is 26.9. The molecule has 0 saturated heterocycles. The molecule has 6 heteroatoms. The maximum Gasteiger partial charge on any atom is 0.306 e. The van der Waals surface area contributed by atoms with Crippen LogP contribution in [0.4, 0.5) is 0 Å². The van der Waals surface area contributed by atoms with E-state index in [1.54, 1.807) is 0 Å². The Morgan fingerprint density at radius 3 is 0.984 bits per heavy atom. The monoisotopic (exact) mass is 893 g/mol. The van der Waals surface area contributed by atoms with E-state index >= 15 is 0 Å². The second-order valence-corrected chi connectivity index (χ2v) is 17.7. The fourth-order valence-corrected chi connectivity index (χ4v) is 7.36. The Morgan fingerprint density at radius 2 is 0.609 bits per heavy atom. The molecule has 0 radical (unpaired) electrons. The summed E-state index contributed by atoms with van der Waals surface area (Å²) in [5.41, 5.74) is 0. The molecule has 0 bridgehead atoms. The Morgan fingerprint density at radius 1 is 0.328 bits per heavy atom. The smallest absolute Gasteiger partial charge is 0.306 e. The standard InChI is InChI=1S/C58H100O6/c1-4-7-10-13-16-19-22-25-27-28-29-30-31-34-36-39-42-45-48-51-57(60)63-54-55(53-62-56(59)50-47-44-41-38-35-32-24-21-18-15-12-9-6-3)64-58(61)52-49-46-43-40-37-33-26-23-20-17-14-11-8-5-2/h7,10,16,19,21,23-27,29-30,55H,4-6,8-9,11-15,17-18,20,22,28,31-54H2,1-3H3/b10-7-,19-16-,24-21-,26-23-,27-25-,30-29-. The van der Waals surface area contributed by atoms with Gasteiger partial charge in [0.15, 0.2) is 6.10 Å². The molecule has 0 rings (SSSR count). The van der Waals surface area contributed by atoms with E-state index in [1.165, 1.54) is 109 Å². The summed E-state index contributed by atoms with van der Waals surface area (Å²) in [6.07, 6.45) is 65.9. The summed E-state index contributed by atoms with van der Waals surface area (Å²) < 4.78 is 16.8. The molecule has 0 N–H and O–H groups in total. The molecule has 0 aliphatic rings. The van der Waals surface area contributed by atoms with Gasteiger partial charge in [-0.05, 0) is 109 Å². The average Bonchev–Trinajstić information content (AvgIpc) is 3.29. The minimum atomic E-state index is -0.788. The van der Waals surface area contributed by atoms with Crippen molar-refractivity contribution in [3.8, 4) is 0 Å². The van der Waals surface area contributed by atoms with Crippen LogP contribution in [0.25, 0.3) is 0 Å². The van der Waals surface area contributed by atoms with E-state index in [4.69, 9.17) is 14.2 Å². The van der Waals surface area contributed by atoms with Gasteiger partial charge in [-0.15, -0.1) is 0 Å². The summed E-state index contributed by atoms with van der Waals surface area (Å²) in [6.45, 7) is 6.48. The number of hydrogen-bond donors (Lipinski definition) is 0. The third-order valence-electron chi connectivity index (χ3n) is 11.4. The molecule has 1 unspecified atom stereocenters. The molecule has 0 fully saturated rings. The lowest BCUT2D eigenvalue weighted by Gasteiger charge is -2.18. The number of ether oxygens (including phenoxy) is 3. The summed E-state index contributed by atoms with van der Waals surface area (Å²) >= 11 is 0. The summed E-state index contributed by atoms with van der Waals surface area (Å²) in [4.78, 5) is 38.0. The van der Waals surface area contributed by atoms with Gasteiger partial charge in [0.25, 0.3) is 0 Å². The Bertz CT molecular complexity index is 1210. The predicted octanol–water partition coefficient (Wildman–Crippen LogP) is 17.8. The van der Waals surface area contributed by atoms with Gasteiger partial charge < -0.3 is 14.2 Å². The van der Waals surface area contributed by atoms with Crippen LogP contribution in [0.2, 0.25) is 0 Å². The van der Waals surface area contributed by atoms with Gasteiger partial charge in [-0.2, -0.15) is 0 Å². The van der Waals surface area contributed by atoms with Gasteiger partial charge in [-0.25, -0.2) is 0 Å². The van der Waals surface area contributed by atoms with Crippen molar-refractivity contribution in [2.75, 3.05) is 13.2 Å². The van der Waals surface area contributed by atoms with Gasteiger partial charge in [0.05, 0.1) is 0 Å². The van der Waals surface area contributed by atoms with Crippen LogP contribution in [-0.2, 0) is 28.6 Å². The molecule has 1 atom stereocenters. The normalized spacial score (nSPS) is 12.6. The summed E-state index contributed by atoms with van der Waals surface area (Å²) in [5.74, 6) is -0.915. The van der Waals surface area contributed by atoms with E-state index in [2.05, 4.69) is 93.7 Å². The molecular weight excluding hydrogens is 793 g/mol. The van der Waals surface area contributed by atoms with Gasteiger partial charge in [0.1, 0.15) is 13.2 Å². The van der Waals surface area contributed by atoms with Crippen LogP contribution in [0.3, 0.4) is 0 Å². The Kier molecular flexibility index (Phi) is 49.9. The first-order chi connectivity index (χ1) is 31.5. The highest BCUT2D eigenvalue weighted by molar-refractivity contribution is 5.71. The highest BCUT2D eigenvalue weighted by Gasteiger charge is 2.19. The number of unbranched alkanes of at least 4 members (excludes halogenated alkanes) is 25. The maximum atomic E-state index is 12.8. The van der Waals surface area contributed by atoms with Gasteiger partial charge in [-0.3, -0.25) is 14.4 Å². The molecular formula is C58H100O6. The van der Waals surface area contributed by atoms with Crippen LogP contribution < -0.4 is 0 Å². The van der Waals surface area contributed by atoms with Crippen LogP contribution in [0.15, 0.2) is 72.9 Å². The SMILES string of the molecule is CC/C=C\C/C=C\C/C=C\C/C=C\CCCCCCCCC(=O)OCC(COC(=O)CCCCCCC/C=C\CCCCCC)OC(=O)CCCCCCC/C=C\CCCCCCC. The minimum absolute atomic E-state index is 0.0875. The minimum Gasteiger partial charge on any atom is -0.462 e. The molecule has 0 aliphatic carbocycles. The fraction of sp³-hybridized carbons (Fsp3) is 0.741. The molecule has 368 valence electrons. The highest BCUT2D eigenvalue weighted by Crippen LogP contribution is 2.14. The Hall–Kier alpha value is -3.15. The third-order valence-corrected chi connectivity index (χ3v) is 11.4. The lowest BCUT2D eigenvalue weighted by atomic mass is 10.1. The van der Waals surface area contributed by atoms with Crippen molar-refractivity contribution in [2.24, 2.45) is 0 Å². The average molecular weight is 893 g/mol. The molecule has 0 spiro atoms. The summed E-state index contributed by atoms with van der Waals surface area (Å²) in [7, 11) is 0. The van der Waals surface area contributed by atoms with Crippen molar-refractivity contribution >= 4 is 17.9 Å². The van der Waals surface area contributed by atoms with Crippen LogP contribution in [0.5, 0.6) is 0 Å². The van der Waals surface area contributed by atoms with Crippen molar-refractivity contribution in [3.63, 3.8) is 0 Å². The number of rotatable bonds is 48. The van der Waals surface area contributed by atoms with Gasteiger partial charge in [0, 0.05) is 19.3 Å². The quantitative estimate of drug-likeness (QED) is 0.0262. The van der Waals surface area contributed by atoms with E-state index in [9.17, 15) is 14.4 Å². The van der Waals surface area contributed by atoms with Gasteiger partial charge in [-0.1, -0.05) is 203 Å². The first-order valence-corrected chi connectivity index (χ1v) is 26.9. The number of carbonyl (C=O) groups excluding carboxylic acids is 3.